The van der Waals surface area contributed by atoms with E-state index in [4.69, 9.17) is 0 Å². The SMILES string of the molecule is CC(C)CC(=O)N=C1S[C@@H]2CS(=O)(=O)C[C@@H]2N1CCc1ccc(F)cc1. The van der Waals surface area contributed by atoms with E-state index in [1.165, 1.54) is 23.9 Å². The van der Waals surface area contributed by atoms with E-state index in [1.807, 2.05) is 18.7 Å². The second-order valence-electron chi connectivity index (χ2n) is 7.26. The van der Waals surface area contributed by atoms with Gasteiger partial charge in [-0.05, 0) is 30.0 Å². The molecule has 3 rings (SSSR count). The third-order valence-corrected chi connectivity index (χ3v) is 7.78. The summed E-state index contributed by atoms with van der Waals surface area (Å²) in [7, 11) is -3.05. The number of carbonyl (C=O) groups is 1. The normalized spacial score (nSPS) is 25.8. The minimum atomic E-state index is -3.05. The summed E-state index contributed by atoms with van der Waals surface area (Å²) in [6, 6.07) is 6.14. The highest BCUT2D eigenvalue weighted by Gasteiger charge is 2.48. The molecule has 8 heteroatoms. The first kappa shape index (κ1) is 19.4. The van der Waals surface area contributed by atoms with Crippen molar-refractivity contribution >= 4 is 32.7 Å². The zero-order valence-electron chi connectivity index (χ0n) is 14.9. The molecule has 1 aromatic carbocycles. The molecule has 1 amide bonds. The molecule has 0 radical (unpaired) electrons. The van der Waals surface area contributed by atoms with E-state index in [9.17, 15) is 17.6 Å². The number of fused-ring (bicyclic) bond motifs is 1. The number of hydrogen-bond donors (Lipinski definition) is 0. The Hall–Kier alpha value is -1.41. The van der Waals surface area contributed by atoms with Gasteiger partial charge in [0.25, 0.3) is 0 Å². The molecule has 0 unspecified atom stereocenters. The fourth-order valence-electron chi connectivity index (χ4n) is 3.30. The van der Waals surface area contributed by atoms with Gasteiger partial charge in [-0.15, -0.1) is 0 Å². The Balaban J connectivity index is 1.77. The van der Waals surface area contributed by atoms with Crippen LogP contribution in [0.5, 0.6) is 0 Å². The van der Waals surface area contributed by atoms with E-state index < -0.39 is 9.84 Å². The van der Waals surface area contributed by atoms with E-state index in [0.29, 0.717) is 24.6 Å². The molecule has 2 heterocycles. The maximum atomic E-state index is 13.1. The third-order valence-electron chi connectivity index (χ3n) is 4.53. The van der Waals surface area contributed by atoms with Gasteiger partial charge in [-0.1, -0.05) is 37.7 Å². The number of sulfone groups is 1. The Morgan fingerprint density at radius 1 is 1.31 bits per heavy atom. The fraction of sp³-hybridized carbons (Fsp3) is 0.556. The molecule has 26 heavy (non-hydrogen) atoms. The quantitative estimate of drug-likeness (QED) is 0.762. The molecule has 2 atom stereocenters. The highest BCUT2D eigenvalue weighted by atomic mass is 32.2. The first-order valence-corrected chi connectivity index (χ1v) is 11.4. The number of nitrogens with zero attached hydrogens (tertiary/aromatic N) is 2. The molecule has 2 saturated heterocycles. The molecule has 0 bridgehead atoms. The largest absolute Gasteiger partial charge is 0.346 e. The van der Waals surface area contributed by atoms with E-state index >= 15 is 0 Å². The van der Waals surface area contributed by atoms with Crippen LogP contribution in [0.15, 0.2) is 29.3 Å². The fourth-order valence-corrected chi connectivity index (χ4v) is 7.29. The standard InChI is InChI=1S/C18H23FN2O3S2/c1-12(2)9-17(22)20-18-21(8-7-13-3-5-14(19)6-4-13)15-10-26(23,24)11-16(15)25-18/h3-6,12,15-16H,7-11H2,1-2H3/t15-,16+/m0/s1. The molecular formula is C18H23FN2O3S2. The van der Waals surface area contributed by atoms with E-state index in [0.717, 1.165) is 5.56 Å². The average molecular weight is 399 g/mol. The summed E-state index contributed by atoms with van der Waals surface area (Å²) in [6.45, 7) is 4.49. The van der Waals surface area contributed by atoms with Gasteiger partial charge in [0.05, 0.1) is 17.5 Å². The second kappa shape index (κ2) is 7.68. The molecule has 2 aliphatic rings. The van der Waals surface area contributed by atoms with E-state index in [2.05, 4.69) is 4.99 Å². The molecule has 1 aromatic rings. The maximum Gasteiger partial charge on any atom is 0.248 e. The molecule has 2 fully saturated rings. The van der Waals surface area contributed by atoms with Crippen molar-refractivity contribution in [3.05, 3.63) is 35.6 Å². The lowest BCUT2D eigenvalue weighted by Gasteiger charge is -2.24. The number of amides is 1. The summed E-state index contributed by atoms with van der Waals surface area (Å²) in [5, 5.41) is 0.557. The molecular weight excluding hydrogens is 375 g/mol. The minimum absolute atomic E-state index is 0.0705. The predicted octanol–water partition coefficient (Wildman–Crippen LogP) is 2.51. The zero-order valence-corrected chi connectivity index (χ0v) is 16.5. The van der Waals surface area contributed by atoms with Gasteiger partial charge in [0.1, 0.15) is 5.82 Å². The van der Waals surface area contributed by atoms with E-state index in [-0.39, 0.29) is 40.4 Å². The van der Waals surface area contributed by atoms with Crippen molar-refractivity contribution in [2.24, 2.45) is 10.9 Å². The summed E-state index contributed by atoms with van der Waals surface area (Å²) in [5.41, 5.74) is 0.966. The van der Waals surface area contributed by atoms with Crippen molar-refractivity contribution in [3.63, 3.8) is 0 Å². The topological polar surface area (TPSA) is 66.8 Å². The van der Waals surface area contributed by atoms with Gasteiger partial charge in [0, 0.05) is 18.2 Å². The average Bonchev–Trinajstić information content (AvgIpc) is 2.97. The predicted molar refractivity (Wildman–Crippen MR) is 103 cm³/mol. The van der Waals surface area contributed by atoms with Gasteiger partial charge in [-0.2, -0.15) is 4.99 Å². The van der Waals surface area contributed by atoms with Crippen LogP contribution in [0.2, 0.25) is 0 Å². The summed E-state index contributed by atoms with van der Waals surface area (Å²) in [4.78, 5) is 18.4. The first-order chi connectivity index (χ1) is 12.2. The first-order valence-electron chi connectivity index (χ1n) is 8.73. The van der Waals surface area contributed by atoms with Crippen LogP contribution in [-0.2, 0) is 21.1 Å². The lowest BCUT2D eigenvalue weighted by atomic mass is 10.1. The van der Waals surface area contributed by atoms with Crippen LogP contribution in [0.1, 0.15) is 25.8 Å². The number of benzene rings is 1. The Morgan fingerprint density at radius 3 is 2.65 bits per heavy atom. The Labute approximate surface area is 158 Å². The van der Waals surface area contributed by atoms with Gasteiger partial charge in [-0.25, -0.2) is 12.8 Å². The number of aliphatic imine (C=N–C) groups is 1. The van der Waals surface area contributed by atoms with Gasteiger partial charge in [0.2, 0.25) is 5.91 Å². The van der Waals surface area contributed by atoms with Crippen LogP contribution in [-0.4, -0.2) is 53.7 Å². The Kier molecular flexibility index (Phi) is 5.72. The van der Waals surface area contributed by atoms with Gasteiger partial charge >= 0.3 is 0 Å². The van der Waals surface area contributed by atoms with Crippen molar-refractivity contribution in [1.29, 1.82) is 0 Å². The highest BCUT2D eigenvalue weighted by molar-refractivity contribution is 8.15. The number of amidine groups is 1. The summed E-state index contributed by atoms with van der Waals surface area (Å²) in [6.07, 6.45) is 1.02. The van der Waals surface area contributed by atoms with Crippen molar-refractivity contribution < 1.29 is 17.6 Å². The molecule has 5 nitrogen and oxygen atoms in total. The highest BCUT2D eigenvalue weighted by Crippen LogP contribution is 2.38. The monoisotopic (exact) mass is 398 g/mol. The summed E-state index contributed by atoms with van der Waals surface area (Å²) < 4.78 is 37.0. The van der Waals surface area contributed by atoms with Crippen LogP contribution in [0.4, 0.5) is 4.39 Å². The molecule has 0 aliphatic carbocycles. The van der Waals surface area contributed by atoms with Crippen LogP contribution in [0.25, 0.3) is 0 Å². The van der Waals surface area contributed by atoms with Crippen molar-refractivity contribution in [3.8, 4) is 0 Å². The maximum absolute atomic E-state index is 13.1. The van der Waals surface area contributed by atoms with Gasteiger partial charge in [-0.3, -0.25) is 4.79 Å². The summed E-state index contributed by atoms with van der Waals surface area (Å²) >= 11 is 1.40. The molecule has 0 saturated carbocycles. The second-order valence-corrected chi connectivity index (χ2v) is 10.6. The lowest BCUT2D eigenvalue weighted by Crippen LogP contribution is -2.39. The number of thioether (sulfide) groups is 1. The van der Waals surface area contributed by atoms with Crippen LogP contribution in [0.3, 0.4) is 0 Å². The van der Waals surface area contributed by atoms with Gasteiger partial charge in [0.15, 0.2) is 15.0 Å². The third kappa shape index (κ3) is 4.65. The Bertz CT molecular complexity index is 806. The van der Waals surface area contributed by atoms with Crippen LogP contribution in [0, 0.1) is 11.7 Å². The number of rotatable bonds is 5. The molecule has 0 aromatic heterocycles. The van der Waals surface area contributed by atoms with Crippen LogP contribution >= 0.6 is 11.8 Å². The molecule has 142 valence electrons. The Morgan fingerprint density at radius 2 is 2.00 bits per heavy atom. The van der Waals surface area contributed by atoms with Crippen molar-refractivity contribution in [1.82, 2.24) is 4.90 Å². The van der Waals surface area contributed by atoms with Crippen molar-refractivity contribution in [2.75, 3.05) is 18.1 Å². The smallest absolute Gasteiger partial charge is 0.248 e. The van der Waals surface area contributed by atoms with E-state index in [1.54, 1.807) is 12.1 Å². The number of carbonyl (C=O) groups excluding carboxylic acids is 1. The summed E-state index contributed by atoms with van der Waals surface area (Å²) in [5.74, 6) is 0.00925. The number of halogens is 1. The van der Waals surface area contributed by atoms with Crippen molar-refractivity contribution in [2.45, 2.75) is 38.0 Å². The number of hydrogen-bond acceptors (Lipinski definition) is 4. The van der Waals surface area contributed by atoms with Gasteiger partial charge < -0.3 is 4.90 Å². The molecule has 2 aliphatic heterocycles. The zero-order chi connectivity index (χ0) is 18.9. The minimum Gasteiger partial charge on any atom is -0.346 e. The molecule has 0 spiro atoms. The molecule has 0 N–H and O–H groups in total. The van der Waals surface area contributed by atoms with Crippen LogP contribution < -0.4 is 0 Å². The lowest BCUT2D eigenvalue weighted by molar-refractivity contribution is -0.118.